The average molecular weight is 367 g/mol. The lowest BCUT2D eigenvalue weighted by atomic mass is 10.0. The molecule has 0 unspecified atom stereocenters. The molecule has 0 saturated heterocycles. The topological polar surface area (TPSA) is 29.6 Å². The number of aromatic nitrogens is 1. The van der Waals surface area contributed by atoms with Crippen molar-refractivity contribution in [3.8, 4) is 11.3 Å². The third kappa shape index (κ3) is 4.17. The fourth-order valence-corrected chi connectivity index (χ4v) is 3.47. The van der Waals surface area contributed by atoms with Gasteiger partial charge < -0.3 is 0 Å². The van der Waals surface area contributed by atoms with Crippen LogP contribution in [0.1, 0.15) is 37.8 Å². The summed E-state index contributed by atoms with van der Waals surface area (Å²) < 4.78 is 15.1. The van der Waals surface area contributed by atoms with Crippen molar-refractivity contribution in [2.24, 2.45) is 10.1 Å². The van der Waals surface area contributed by atoms with Crippen molar-refractivity contribution in [3.63, 3.8) is 0 Å². The zero-order chi connectivity index (χ0) is 18.5. The lowest BCUT2D eigenvalue weighted by molar-refractivity contribution is 0.628. The third-order valence-electron chi connectivity index (χ3n) is 4.04. The van der Waals surface area contributed by atoms with Crippen LogP contribution < -0.4 is 4.80 Å². The summed E-state index contributed by atoms with van der Waals surface area (Å²) in [4.78, 5) is 5.33. The van der Waals surface area contributed by atoms with Crippen LogP contribution >= 0.6 is 11.3 Å². The summed E-state index contributed by atoms with van der Waals surface area (Å²) in [5.74, 6) is 0.259. The zero-order valence-corrected chi connectivity index (χ0v) is 16.0. The van der Waals surface area contributed by atoms with Crippen molar-refractivity contribution in [3.05, 3.63) is 75.7 Å². The molecule has 0 aliphatic heterocycles. The van der Waals surface area contributed by atoms with Gasteiger partial charge in [0.25, 0.3) is 0 Å². The Hall–Kier alpha value is -2.53. The van der Waals surface area contributed by atoms with Crippen LogP contribution in [-0.2, 0) is 0 Å². The second kappa shape index (κ2) is 8.23. The van der Waals surface area contributed by atoms with Crippen LogP contribution in [0.4, 0.5) is 4.39 Å². The Morgan fingerprint density at radius 3 is 2.38 bits per heavy atom. The molecule has 5 heteroatoms. The molecule has 3 aromatic rings. The van der Waals surface area contributed by atoms with Gasteiger partial charge in [0.15, 0.2) is 0 Å². The molecule has 2 aromatic carbocycles. The van der Waals surface area contributed by atoms with E-state index in [1.54, 1.807) is 12.1 Å². The van der Waals surface area contributed by atoms with Crippen LogP contribution in [0.25, 0.3) is 11.3 Å². The van der Waals surface area contributed by atoms with Crippen LogP contribution in [0.15, 0.2) is 64.0 Å². The van der Waals surface area contributed by atoms with Crippen LogP contribution in [0, 0.1) is 5.82 Å². The fourth-order valence-electron chi connectivity index (χ4n) is 2.56. The van der Waals surface area contributed by atoms with E-state index in [4.69, 9.17) is 0 Å². The molecule has 0 aliphatic rings. The zero-order valence-electron chi connectivity index (χ0n) is 15.2. The Morgan fingerprint density at radius 2 is 1.77 bits per heavy atom. The van der Waals surface area contributed by atoms with Crippen molar-refractivity contribution < 1.29 is 4.39 Å². The Morgan fingerprint density at radius 1 is 1.08 bits per heavy atom. The first kappa shape index (κ1) is 18.3. The maximum Gasteiger partial charge on any atom is 0.206 e. The highest BCUT2D eigenvalue weighted by atomic mass is 32.1. The SMILES string of the molecule is CCN=c1scc(-c2ccc(F)cc2)n1/N=C/c1ccc(C(C)C)cc1. The number of rotatable bonds is 5. The molecule has 0 amide bonds. The molecule has 0 saturated carbocycles. The van der Waals surface area contributed by atoms with Gasteiger partial charge in [-0.05, 0) is 48.2 Å². The normalized spacial score (nSPS) is 12.4. The van der Waals surface area contributed by atoms with E-state index in [0.29, 0.717) is 12.5 Å². The first-order chi connectivity index (χ1) is 12.6. The highest BCUT2D eigenvalue weighted by Gasteiger charge is 2.07. The van der Waals surface area contributed by atoms with Gasteiger partial charge in [0.05, 0.1) is 11.9 Å². The van der Waals surface area contributed by atoms with Gasteiger partial charge in [0.2, 0.25) is 4.80 Å². The van der Waals surface area contributed by atoms with Crippen molar-refractivity contribution in [1.29, 1.82) is 0 Å². The highest BCUT2D eigenvalue weighted by molar-refractivity contribution is 7.07. The molecular formula is C21H22FN3S. The van der Waals surface area contributed by atoms with Gasteiger partial charge in [0, 0.05) is 17.5 Å². The largest absolute Gasteiger partial charge is 0.258 e. The molecule has 1 aromatic heterocycles. The molecule has 1 heterocycles. The quantitative estimate of drug-likeness (QED) is 0.549. The van der Waals surface area contributed by atoms with Crippen LogP contribution in [-0.4, -0.2) is 17.4 Å². The number of halogens is 1. The molecule has 134 valence electrons. The van der Waals surface area contributed by atoms with E-state index in [1.165, 1.54) is 29.0 Å². The van der Waals surface area contributed by atoms with Gasteiger partial charge in [-0.25, -0.2) is 9.07 Å². The highest BCUT2D eigenvalue weighted by Crippen LogP contribution is 2.20. The van der Waals surface area contributed by atoms with Gasteiger partial charge in [-0.1, -0.05) is 38.1 Å². The summed E-state index contributed by atoms with van der Waals surface area (Å²) in [6.45, 7) is 7.04. The molecule has 0 aliphatic carbocycles. The predicted octanol–water partition coefficient (Wildman–Crippen LogP) is 5.28. The molecule has 0 bridgehead atoms. The summed E-state index contributed by atoms with van der Waals surface area (Å²) in [6.07, 6.45) is 1.83. The number of hydrogen-bond acceptors (Lipinski definition) is 3. The Balaban J connectivity index is 1.98. The minimum atomic E-state index is -0.247. The van der Waals surface area contributed by atoms with Crippen molar-refractivity contribution in [2.45, 2.75) is 26.7 Å². The second-order valence-electron chi connectivity index (χ2n) is 6.26. The van der Waals surface area contributed by atoms with Gasteiger partial charge >= 0.3 is 0 Å². The fraction of sp³-hybridized carbons (Fsp3) is 0.238. The molecule has 0 spiro atoms. The van der Waals surface area contributed by atoms with Gasteiger partial charge in [0.1, 0.15) is 5.82 Å². The van der Waals surface area contributed by atoms with E-state index in [-0.39, 0.29) is 5.82 Å². The molecule has 3 rings (SSSR count). The van der Waals surface area contributed by atoms with Gasteiger partial charge in [-0.15, -0.1) is 11.3 Å². The van der Waals surface area contributed by atoms with E-state index in [1.807, 2.05) is 23.2 Å². The maximum atomic E-state index is 13.2. The van der Waals surface area contributed by atoms with Crippen LogP contribution in [0.2, 0.25) is 0 Å². The summed E-state index contributed by atoms with van der Waals surface area (Å²) in [5, 5.41) is 6.64. The van der Waals surface area contributed by atoms with Gasteiger partial charge in [-0.3, -0.25) is 4.99 Å². The number of hydrogen-bond donors (Lipinski definition) is 0. The lowest BCUT2D eigenvalue weighted by Gasteiger charge is -2.05. The van der Waals surface area contributed by atoms with E-state index in [9.17, 15) is 4.39 Å². The standard InChI is InChI=1S/C21H22FN3S/c1-4-23-21-25(20(14-26-21)18-9-11-19(22)12-10-18)24-13-16-5-7-17(8-6-16)15(2)3/h5-15H,4H2,1-3H3/b23-21?,24-13+. The average Bonchev–Trinajstić information content (AvgIpc) is 3.04. The smallest absolute Gasteiger partial charge is 0.206 e. The number of benzene rings is 2. The first-order valence-corrected chi connectivity index (χ1v) is 9.57. The summed E-state index contributed by atoms with van der Waals surface area (Å²) in [6, 6.07) is 14.8. The number of thiazole rings is 1. The third-order valence-corrected chi connectivity index (χ3v) is 4.90. The van der Waals surface area contributed by atoms with E-state index < -0.39 is 0 Å². The Labute approximate surface area is 157 Å². The second-order valence-corrected chi connectivity index (χ2v) is 7.10. The first-order valence-electron chi connectivity index (χ1n) is 8.69. The van der Waals surface area contributed by atoms with E-state index in [2.05, 4.69) is 48.2 Å². The van der Waals surface area contributed by atoms with Gasteiger partial charge in [-0.2, -0.15) is 5.10 Å². The molecule has 0 fully saturated rings. The molecule has 3 nitrogen and oxygen atoms in total. The molecule has 26 heavy (non-hydrogen) atoms. The lowest BCUT2D eigenvalue weighted by Crippen LogP contribution is -2.12. The summed E-state index contributed by atoms with van der Waals surface area (Å²) in [7, 11) is 0. The van der Waals surface area contributed by atoms with E-state index in [0.717, 1.165) is 21.6 Å². The minimum Gasteiger partial charge on any atom is -0.258 e. The molecule has 0 N–H and O–H groups in total. The summed E-state index contributed by atoms with van der Waals surface area (Å²) >= 11 is 1.53. The number of nitrogens with zero attached hydrogens (tertiary/aromatic N) is 3. The van der Waals surface area contributed by atoms with Crippen molar-refractivity contribution in [1.82, 2.24) is 4.68 Å². The Kier molecular flexibility index (Phi) is 5.78. The van der Waals surface area contributed by atoms with Crippen LogP contribution in [0.3, 0.4) is 0 Å². The van der Waals surface area contributed by atoms with E-state index >= 15 is 0 Å². The molecular weight excluding hydrogens is 345 g/mol. The minimum absolute atomic E-state index is 0.247. The van der Waals surface area contributed by atoms with Crippen molar-refractivity contribution >= 4 is 17.6 Å². The molecule has 0 atom stereocenters. The van der Waals surface area contributed by atoms with Crippen molar-refractivity contribution in [2.75, 3.05) is 6.54 Å². The summed E-state index contributed by atoms with van der Waals surface area (Å²) in [5.41, 5.74) is 4.14. The van der Waals surface area contributed by atoms with Crippen LogP contribution in [0.5, 0.6) is 0 Å². The predicted molar refractivity (Wildman–Crippen MR) is 107 cm³/mol. The Bertz CT molecular complexity index is 948. The molecule has 0 radical (unpaired) electrons. The maximum absolute atomic E-state index is 13.2. The monoisotopic (exact) mass is 367 g/mol.